The van der Waals surface area contributed by atoms with E-state index in [1.807, 2.05) is 0 Å². The van der Waals surface area contributed by atoms with Crippen LogP contribution in [-0.4, -0.2) is 112 Å². The van der Waals surface area contributed by atoms with Gasteiger partial charge in [0.05, 0.1) is 19.6 Å². The smallest absolute Gasteiger partial charge is 0.187 e. The standard InChI is InChI=1S/C16H29O11P/c1-16(2)26-12-7(4-18)24-15(10(21)13(12)27-16)25-11-6(3-17)23-14(22-5-28)9(20)8(11)19/h6-15,17-21H,3-5,28H2,1-2H3/t6-,7?,8?,9?,10?,11+,12-,13+,14+,15-/m0/s1. The first kappa shape index (κ1) is 22.7. The number of aliphatic hydroxyl groups excluding tert-OH is 5. The summed E-state index contributed by atoms with van der Waals surface area (Å²) in [6.45, 7) is 2.40. The minimum absolute atomic E-state index is 0.150. The van der Waals surface area contributed by atoms with Crippen LogP contribution in [0.4, 0.5) is 0 Å². The van der Waals surface area contributed by atoms with Crippen molar-refractivity contribution in [1.82, 2.24) is 0 Å². The molecule has 28 heavy (non-hydrogen) atoms. The number of hydrogen-bond donors (Lipinski definition) is 5. The summed E-state index contributed by atoms with van der Waals surface area (Å²) in [5.74, 6) is -0.984. The second kappa shape index (κ2) is 9.01. The van der Waals surface area contributed by atoms with Gasteiger partial charge in [-0.1, -0.05) is 0 Å². The molecule has 0 spiro atoms. The van der Waals surface area contributed by atoms with Crippen molar-refractivity contribution in [3.8, 4) is 0 Å². The Kier molecular flexibility index (Phi) is 7.29. The minimum atomic E-state index is -1.48. The number of ether oxygens (including phenoxy) is 6. The van der Waals surface area contributed by atoms with Gasteiger partial charge < -0.3 is 54.0 Å². The van der Waals surface area contributed by atoms with E-state index in [1.165, 1.54) is 0 Å². The molecule has 3 aliphatic heterocycles. The average Bonchev–Trinajstić information content (AvgIpc) is 2.99. The predicted molar refractivity (Wildman–Crippen MR) is 93.9 cm³/mol. The lowest BCUT2D eigenvalue weighted by atomic mass is 9.97. The second-order valence-corrected chi connectivity index (χ2v) is 7.75. The van der Waals surface area contributed by atoms with Gasteiger partial charge in [0.1, 0.15) is 48.8 Å². The maximum Gasteiger partial charge on any atom is 0.187 e. The summed E-state index contributed by atoms with van der Waals surface area (Å²) in [5, 5.41) is 50.6. The van der Waals surface area contributed by atoms with E-state index in [1.54, 1.807) is 13.8 Å². The number of aliphatic hydroxyl groups is 5. The minimum Gasteiger partial charge on any atom is -0.394 e. The van der Waals surface area contributed by atoms with Crippen molar-refractivity contribution in [2.75, 3.05) is 19.6 Å². The summed E-state index contributed by atoms with van der Waals surface area (Å²) in [5.41, 5.74) is 0. The maximum atomic E-state index is 10.7. The average molecular weight is 428 g/mol. The van der Waals surface area contributed by atoms with Crippen LogP contribution in [0.2, 0.25) is 0 Å². The van der Waals surface area contributed by atoms with Crippen molar-refractivity contribution in [1.29, 1.82) is 0 Å². The number of fused-ring (bicyclic) bond motifs is 1. The molecule has 0 radical (unpaired) electrons. The summed E-state index contributed by atoms with van der Waals surface area (Å²) >= 11 is 0. The van der Waals surface area contributed by atoms with Gasteiger partial charge in [0.15, 0.2) is 18.4 Å². The Morgan fingerprint density at radius 2 is 1.46 bits per heavy atom. The van der Waals surface area contributed by atoms with Gasteiger partial charge in [0, 0.05) is 0 Å². The molecule has 12 heteroatoms. The normalized spacial score (nSPS) is 48.4. The Morgan fingerprint density at radius 3 is 2.07 bits per heavy atom. The highest BCUT2D eigenvalue weighted by atomic mass is 31.0. The fraction of sp³-hybridized carbons (Fsp3) is 1.00. The van der Waals surface area contributed by atoms with Gasteiger partial charge in [0.2, 0.25) is 0 Å². The fourth-order valence-electron chi connectivity index (χ4n) is 3.72. The third-order valence-corrected chi connectivity index (χ3v) is 5.20. The molecule has 0 amide bonds. The highest BCUT2D eigenvalue weighted by molar-refractivity contribution is 7.16. The Balaban J connectivity index is 1.74. The molecule has 0 saturated carbocycles. The molecule has 5 N–H and O–H groups in total. The lowest BCUT2D eigenvalue weighted by Crippen LogP contribution is -2.64. The lowest BCUT2D eigenvalue weighted by molar-refractivity contribution is -0.351. The first-order chi connectivity index (χ1) is 13.2. The van der Waals surface area contributed by atoms with E-state index in [-0.39, 0.29) is 6.35 Å². The SMILES string of the molecule is CC1(C)O[C@@H]2C(O)[C@H](O[C@H]3C(O)C(O)[C@H](OCP)O[C@H]3CO)OC(CO)[C@@H]2O1. The molecule has 11 atom stereocenters. The third kappa shape index (κ3) is 4.36. The van der Waals surface area contributed by atoms with Crippen LogP contribution in [0.3, 0.4) is 0 Å². The molecular weight excluding hydrogens is 399 g/mol. The molecule has 164 valence electrons. The zero-order valence-electron chi connectivity index (χ0n) is 15.7. The zero-order valence-corrected chi connectivity index (χ0v) is 16.8. The predicted octanol–water partition coefficient (Wildman–Crippen LogP) is -2.74. The highest BCUT2D eigenvalue weighted by Crippen LogP contribution is 2.38. The van der Waals surface area contributed by atoms with Crippen LogP contribution in [0.15, 0.2) is 0 Å². The molecule has 0 aromatic rings. The summed E-state index contributed by atoms with van der Waals surface area (Å²) in [6.07, 6.45) is -11.2. The number of rotatable bonds is 6. The molecule has 3 aliphatic rings. The molecule has 0 aromatic carbocycles. The molecule has 0 bridgehead atoms. The largest absolute Gasteiger partial charge is 0.394 e. The molecule has 0 aliphatic carbocycles. The second-order valence-electron chi connectivity index (χ2n) is 7.42. The monoisotopic (exact) mass is 428 g/mol. The molecule has 3 heterocycles. The van der Waals surface area contributed by atoms with Crippen molar-refractivity contribution in [2.45, 2.75) is 81.0 Å². The van der Waals surface area contributed by atoms with E-state index in [2.05, 4.69) is 9.24 Å². The first-order valence-corrected chi connectivity index (χ1v) is 9.93. The van der Waals surface area contributed by atoms with E-state index in [4.69, 9.17) is 28.4 Å². The van der Waals surface area contributed by atoms with Gasteiger partial charge in [-0.25, -0.2) is 0 Å². The van der Waals surface area contributed by atoms with E-state index in [0.29, 0.717) is 0 Å². The van der Waals surface area contributed by atoms with E-state index >= 15 is 0 Å². The quantitative estimate of drug-likeness (QED) is 0.280. The van der Waals surface area contributed by atoms with Crippen molar-refractivity contribution in [3.63, 3.8) is 0 Å². The van der Waals surface area contributed by atoms with Crippen LogP contribution in [0, 0.1) is 0 Å². The van der Waals surface area contributed by atoms with Gasteiger partial charge in [0.25, 0.3) is 0 Å². The van der Waals surface area contributed by atoms with Gasteiger partial charge >= 0.3 is 0 Å². The third-order valence-electron chi connectivity index (χ3n) is 5.01. The van der Waals surface area contributed by atoms with Crippen molar-refractivity contribution in [3.05, 3.63) is 0 Å². The summed E-state index contributed by atoms with van der Waals surface area (Å²) in [6, 6.07) is 0. The molecule has 5 unspecified atom stereocenters. The van der Waals surface area contributed by atoms with Crippen molar-refractivity contribution in [2.24, 2.45) is 0 Å². The van der Waals surface area contributed by atoms with Crippen LogP contribution in [0.5, 0.6) is 0 Å². The number of hydrogen-bond acceptors (Lipinski definition) is 11. The van der Waals surface area contributed by atoms with Crippen LogP contribution in [0.1, 0.15) is 13.8 Å². The van der Waals surface area contributed by atoms with Crippen LogP contribution in [0.25, 0.3) is 0 Å². The van der Waals surface area contributed by atoms with E-state index < -0.39 is 80.4 Å². The molecule has 0 aromatic heterocycles. The molecule has 3 fully saturated rings. The molecule has 3 saturated heterocycles. The van der Waals surface area contributed by atoms with Gasteiger partial charge in [-0.3, -0.25) is 0 Å². The summed E-state index contributed by atoms with van der Waals surface area (Å²) in [7, 11) is 2.29. The molecule has 11 nitrogen and oxygen atoms in total. The van der Waals surface area contributed by atoms with Crippen molar-refractivity contribution >= 4 is 9.24 Å². The Hall–Kier alpha value is -0.0100. The Bertz CT molecular complexity index is 521. The van der Waals surface area contributed by atoms with Crippen LogP contribution >= 0.6 is 9.24 Å². The molecular formula is C16H29O11P. The van der Waals surface area contributed by atoms with Crippen molar-refractivity contribution < 1.29 is 54.0 Å². The maximum absolute atomic E-state index is 10.7. The van der Waals surface area contributed by atoms with Crippen LogP contribution in [-0.2, 0) is 28.4 Å². The Morgan fingerprint density at radius 1 is 0.857 bits per heavy atom. The summed E-state index contributed by atoms with van der Waals surface area (Å²) in [4.78, 5) is 0. The topological polar surface area (TPSA) is 157 Å². The summed E-state index contributed by atoms with van der Waals surface area (Å²) < 4.78 is 33.4. The first-order valence-electron chi connectivity index (χ1n) is 9.12. The van der Waals surface area contributed by atoms with Gasteiger partial charge in [-0.2, -0.15) is 0 Å². The van der Waals surface area contributed by atoms with Gasteiger partial charge in [-0.05, 0) is 13.8 Å². The highest BCUT2D eigenvalue weighted by Gasteiger charge is 2.56. The Labute approximate surface area is 164 Å². The lowest BCUT2D eigenvalue weighted by Gasteiger charge is -2.45. The zero-order chi connectivity index (χ0) is 20.6. The van der Waals surface area contributed by atoms with Crippen LogP contribution < -0.4 is 0 Å². The fourth-order valence-corrected chi connectivity index (χ4v) is 3.91. The van der Waals surface area contributed by atoms with E-state index in [9.17, 15) is 25.5 Å². The van der Waals surface area contributed by atoms with Gasteiger partial charge in [-0.15, -0.1) is 9.24 Å². The van der Waals surface area contributed by atoms with E-state index in [0.717, 1.165) is 0 Å². The molecule has 3 rings (SSSR count).